The Bertz CT molecular complexity index is 468. The molecule has 0 spiro atoms. The molecule has 0 atom stereocenters. The third-order valence-electron chi connectivity index (χ3n) is 2.64. The van der Waals surface area contributed by atoms with E-state index in [1.54, 1.807) is 11.3 Å². The summed E-state index contributed by atoms with van der Waals surface area (Å²) in [6.07, 6.45) is 7.47. The van der Waals surface area contributed by atoms with Gasteiger partial charge in [-0.2, -0.15) is 11.8 Å². The summed E-state index contributed by atoms with van der Waals surface area (Å²) in [4.78, 5) is 5.70. The number of hydrogen-bond acceptors (Lipinski definition) is 4. The molecule has 0 bridgehead atoms. The molecule has 0 fully saturated rings. The van der Waals surface area contributed by atoms with Crippen LogP contribution in [0.2, 0.25) is 0 Å². The first kappa shape index (κ1) is 16.2. The summed E-state index contributed by atoms with van der Waals surface area (Å²) in [5.74, 6) is 2.36. The summed E-state index contributed by atoms with van der Waals surface area (Å²) in [7, 11) is 3.05. The lowest BCUT2D eigenvalue weighted by atomic mass is 10.3. The summed E-state index contributed by atoms with van der Waals surface area (Å²) in [5, 5.41) is 7.00. The molecule has 0 aliphatic rings. The molecule has 0 radical (unpaired) electrons. The van der Waals surface area contributed by atoms with Crippen LogP contribution in [0.3, 0.4) is 0 Å². The van der Waals surface area contributed by atoms with E-state index in [0.29, 0.717) is 0 Å². The number of rotatable bonds is 6. The minimum atomic E-state index is 1.00. The zero-order valence-corrected chi connectivity index (χ0v) is 13.4. The molecule has 0 saturated heterocycles. The van der Waals surface area contributed by atoms with Crippen molar-refractivity contribution in [3.63, 3.8) is 0 Å². The lowest BCUT2D eigenvalue weighted by molar-refractivity contribution is -0.671. The number of hydrogen-bond donors (Lipinski definition) is 1. The number of thiazole rings is 1. The van der Waals surface area contributed by atoms with E-state index in [4.69, 9.17) is 5.11 Å². The van der Waals surface area contributed by atoms with Crippen LogP contribution in [0.5, 0.6) is 0 Å². The molecule has 2 heterocycles. The van der Waals surface area contributed by atoms with Gasteiger partial charge in [-0.15, -0.1) is 11.3 Å². The Morgan fingerprint density at radius 3 is 2.79 bits per heavy atom. The van der Waals surface area contributed by atoms with Crippen LogP contribution in [0, 0.1) is 6.92 Å². The highest BCUT2D eigenvalue weighted by atomic mass is 32.2. The minimum Gasteiger partial charge on any atom is -0.400 e. The van der Waals surface area contributed by atoms with Gasteiger partial charge < -0.3 is 5.11 Å². The van der Waals surface area contributed by atoms with Gasteiger partial charge in [-0.25, -0.2) is 14.1 Å². The van der Waals surface area contributed by atoms with Crippen LogP contribution in [-0.4, -0.2) is 33.3 Å². The number of nitrogens with zero attached hydrogens (tertiary/aromatic N) is 3. The van der Waals surface area contributed by atoms with Crippen molar-refractivity contribution in [2.45, 2.75) is 19.9 Å². The summed E-state index contributed by atoms with van der Waals surface area (Å²) in [5.41, 5.74) is 3.14. The normalized spacial score (nSPS) is 10.1. The number of aromatic nitrogens is 3. The Labute approximate surface area is 123 Å². The maximum atomic E-state index is 7.00. The van der Waals surface area contributed by atoms with E-state index < -0.39 is 0 Å². The summed E-state index contributed by atoms with van der Waals surface area (Å²) >= 11 is 3.79. The first-order chi connectivity index (χ1) is 9.25. The smallest absolute Gasteiger partial charge is 0.243 e. The van der Waals surface area contributed by atoms with Crippen molar-refractivity contribution < 1.29 is 9.67 Å². The van der Waals surface area contributed by atoms with E-state index in [1.165, 1.54) is 22.1 Å². The van der Waals surface area contributed by atoms with Crippen molar-refractivity contribution in [2.24, 2.45) is 7.05 Å². The van der Waals surface area contributed by atoms with Gasteiger partial charge >= 0.3 is 0 Å². The van der Waals surface area contributed by atoms with Crippen molar-refractivity contribution in [1.29, 1.82) is 0 Å². The first-order valence-electron chi connectivity index (χ1n) is 6.18. The molecule has 0 aromatic carbocycles. The molecule has 6 heteroatoms. The lowest BCUT2D eigenvalue weighted by Crippen LogP contribution is -2.23. The fraction of sp³-hybridized carbons (Fsp3) is 0.538. The van der Waals surface area contributed by atoms with E-state index in [2.05, 4.69) is 46.8 Å². The van der Waals surface area contributed by atoms with Crippen molar-refractivity contribution >= 4 is 23.1 Å². The predicted molar refractivity (Wildman–Crippen MR) is 81.6 cm³/mol. The second kappa shape index (κ2) is 9.12. The largest absolute Gasteiger partial charge is 0.400 e. The predicted octanol–water partition coefficient (Wildman–Crippen LogP) is 1.66. The maximum absolute atomic E-state index is 7.00. The third-order valence-corrected chi connectivity index (χ3v) is 4.59. The lowest BCUT2D eigenvalue weighted by Gasteiger charge is -1.99. The van der Waals surface area contributed by atoms with Crippen LogP contribution in [0.25, 0.3) is 0 Å². The van der Waals surface area contributed by atoms with Crippen LogP contribution in [-0.2, 0) is 20.0 Å². The molecule has 0 aliphatic carbocycles. The first-order valence-corrected chi connectivity index (χ1v) is 8.21. The average molecular weight is 300 g/mol. The molecule has 19 heavy (non-hydrogen) atoms. The third kappa shape index (κ3) is 5.76. The quantitative estimate of drug-likeness (QED) is 0.652. The van der Waals surface area contributed by atoms with Crippen molar-refractivity contribution in [1.82, 2.24) is 9.55 Å². The molecular formula is C13H22N3OS2+. The average Bonchev–Trinajstić information content (AvgIpc) is 3.01. The van der Waals surface area contributed by atoms with E-state index in [9.17, 15) is 0 Å². The van der Waals surface area contributed by atoms with Gasteiger partial charge in [0.25, 0.3) is 0 Å². The zero-order chi connectivity index (χ0) is 14.1. The van der Waals surface area contributed by atoms with Crippen LogP contribution < -0.4 is 4.57 Å². The Kier molecular flexibility index (Phi) is 7.78. The van der Waals surface area contributed by atoms with Crippen LogP contribution in [0.4, 0.5) is 0 Å². The second-order valence-electron chi connectivity index (χ2n) is 4.04. The standard InChI is InChI=1S/C12H18N3S2.CH4O/c1-11-12(17-9-13-11)3-7-16-8-6-15-5-4-14(2)10-15;1-2/h4-5,9-10H,3,6-8H2,1-2H3;2H,1H3/q+1;. The molecule has 4 nitrogen and oxygen atoms in total. The van der Waals surface area contributed by atoms with Crippen LogP contribution >= 0.6 is 23.1 Å². The Morgan fingerprint density at radius 1 is 1.42 bits per heavy atom. The number of aliphatic hydroxyl groups excluding tert-OH is 1. The molecule has 0 aliphatic heterocycles. The van der Waals surface area contributed by atoms with Gasteiger partial charge in [-0.05, 0) is 19.1 Å². The molecule has 0 unspecified atom stereocenters. The summed E-state index contributed by atoms with van der Waals surface area (Å²) in [6.45, 7) is 3.18. The van der Waals surface area contributed by atoms with Gasteiger partial charge in [0, 0.05) is 17.7 Å². The molecule has 106 valence electrons. The molecule has 1 N–H and O–H groups in total. The monoisotopic (exact) mass is 300 g/mol. The van der Waals surface area contributed by atoms with Gasteiger partial charge in [0.1, 0.15) is 12.4 Å². The second-order valence-corrected chi connectivity index (χ2v) is 6.20. The molecule has 2 rings (SSSR count). The molecule has 2 aromatic heterocycles. The van der Waals surface area contributed by atoms with Gasteiger partial charge in [-0.1, -0.05) is 0 Å². The highest BCUT2D eigenvalue weighted by Gasteiger charge is 2.02. The minimum absolute atomic E-state index is 1.00. The van der Waals surface area contributed by atoms with Gasteiger partial charge in [0.15, 0.2) is 0 Å². The van der Waals surface area contributed by atoms with Gasteiger partial charge in [0.05, 0.1) is 24.8 Å². The molecule has 0 saturated carbocycles. The Balaban J connectivity index is 0.000000861. The Hall–Kier alpha value is -0.850. The highest BCUT2D eigenvalue weighted by Crippen LogP contribution is 2.15. The summed E-state index contributed by atoms with van der Waals surface area (Å²) in [6, 6.07) is 0. The highest BCUT2D eigenvalue weighted by molar-refractivity contribution is 7.99. The number of aliphatic hydroxyl groups is 1. The molecule has 0 amide bonds. The molecular weight excluding hydrogens is 278 g/mol. The van der Waals surface area contributed by atoms with E-state index in [0.717, 1.165) is 20.1 Å². The maximum Gasteiger partial charge on any atom is 0.243 e. The summed E-state index contributed by atoms with van der Waals surface area (Å²) < 4.78 is 4.30. The number of thioether (sulfide) groups is 1. The number of aryl methyl sites for hydroxylation is 4. The van der Waals surface area contributed by atoms with E-state index in [-0.39, 0.29) is 0 Å². The number of imidazole rings is 1. The van der Waals surface area contributed by atoms with Crippen LogP contribution in [0.15, 0.2) is 24.2 Å². The van der Waals surface area contributed by atoms with Crippen LogP contribution in [0.1, 0.15) is 10.6 Å². The van der Waals surface area contributed by atoms with Gasteiger partial charge in [0.2, 0.25) is 6.33 Å². The topological polar surface area (TPSA) is 41.9 Å². The SMILES string of the molecule is CO.Cc1ncsc1CCSCCn1cc[n+](C)c1. The van der Waals surface area contributed by atoms with Crippen molar-refractivity contribution in [3.8, 4) is 0 Å². The zero-order valence-electron chi connectivity index (χ0n) is 11.7. The fourth-order valence-corrected chi connectivity index (χ4v) is 3.44. The van der Waals surface area contributed by atoms with E-state index >= 15 is 0 Å². The fourth-order valence-electron chi connectivity index (χ4n) is 1.64. The van der Waals surface area contributed by atoms with E-state index in [1.807, 2.05) is 17.3 Å². The van der Waals surface area contributed by atoms with Gasteiger partial charge in [-0.3, -0.25) is 0 Å². The molecule has 2 aromatic rings. The van der Waals surface area contributed by atoms with Crippen molar-refractivity contribution in [2.75, 3.05) is 18.6 Å². The Morgan fingerprint density at radius 2 is 2.21 bits per heavy atom. The van der Waals surface area contributed by atoms with Crippen molar-refractivity contribution in [3.05, 3.63) is 34.8 Å².